The third-order valence-electron chi connectivity index (χ3n) is 2.39. The van der Waals surface area contributed by atoms with Gasteiger partial charge in [0.1, 0.15) is 5.72 Å². The minimum atomic E-state index is -0.845. The minimum absolute atomic E-state index is 0.357. The molecule has 2 nitrogen and oxygen atoms in total. The second kappa shape index (κ2) is 3.20. The fourth-order valence-electron chi connectivity index (χ4n) is 1.33. The molecule has 0 bridgehead atoms. The molecule has 0 amide bonds. The van der Waals surface area contributed by atoms with Crippen molar-refractivity contribution in [2.75, 3.05) is 12.4 Å². The van der Waals surface area contributed by atoms with Gasteiger partial charge < -0.3 is 10.1 Å². The molecule has 1 aromatic rings. The first kappa shape index (κ1) is 9.40. The third kappa shape index (κ3) is 1.70. The summed E-state index contributed by atoms with van der Waals surface area (Å²) in [6.45, 7) is 0. The fraction of sp³-hybridized carbons (Fsp3) is 0.400. The summed E-state index contributed by atoms with van der Waals surface area (Å²) < 4.78 is 30.6. The van der Waals surface area contributed by atoms with Gasteiger partial charge in [-0.05, 0) is 25.0 Å². The van der Waals surface area contributed by atoms with Crippen LogP contribution in [0.1, 0.15) is 12.8 Å². The van der Waals surface area contributed by atoms with Crippen molar-refractivity contribution < 1.29 is 13.5 Å². The maximum absolute atomic E-state index is 12.8. The number of hydrogen-bond acceptors (Lipinski definition) is 2. The Morgan fingerprint density at radius 1 is 1.29 bits per heavy atom. The van der Waals surface area contributed by atoms with Crippen LogP contribution in [0, 0.1) is 11.6 Å². The van der Waals surface area contributed by atoms with E-state index in [1.54, 1.807) is 7.11 Å². The van der Waals surface area contributed by atoms with Crippen molar-refractivity contribution in [1.29, 1.82) is 0 Å². The first-order valence-electron chi connectivity index (χ1n) is 4.44. The summed E-state index contributed by atoms with van der Waals surface area (Å²) in [6, 6.07) is 3.73. The third-order valence-corrected chi connectivity index (χ3v) is 2.39. The molecule has 4 heteroatoms. The Kier molecular flexibility index (Phi) is 2.15. The summed E-state index contributed by atoms with van der Waals surface area (Å²) in [5, 5.41) is 3.02. The Morgan fingerprint density at radius 3 is 2.50 bits per heavy atom. The van der Waals surface area contributed by atoms with Crippen molar-refractivity contribution in [3.63, 3.8) is 0 Å². The van der Waals surface area contributed by atoms with E-state index in [2.05, 4.69) is 5.32 Å². The van der Waals surface area contributed by atoms with Gasteiger partial charge in [-0.3, -0.25) is 0 Å². The summed E-state index contributed by atoms with van der Waals surface area (Å²) in [5.41, 5.74) is 0.188. The van der Waals surface area contributed by atoms with Gasteiger partial charge in [-0.25, -0.2) is 8.78 Å². The molecule has 14 heavy (non-hydrogen) atoms. The highest BCUT2D eigenvalue weighted by molar-refractivity contribution is 5.46. The highest BCUT2D eigenvalue weighted by Crippen LogP contribution is 2.39. The summed E-state index contributed by atoms with van der Waals surface area (Å²) in [5.74, 6) is -1.68. The van der Waals surface area contributed by atoms with E-state index >= 15 is 0 Å². The Bertz CT molecular complexity index is 350. The molecule has 76 valence electrons. The second-order valence-corrected chi connectivity index (χ2v) is 3.45. The van der Waals surface area contributed by atoms with Crippen LogP contribution < -0.4 is 5.32 Å². The van der Waals surface area contributed by atoms with Crippen LogP contribution in [0.25, 0.3) is 0 Å². The summed E-state index contributed by atoms with van der Waals surface area (Å²) in [7, 11) is 1.60. The second-order valence-electron chi connectivity index (χ2n) is 3.45. The van der Waals surface area contributed by atoms with Crippen molar-refractivity contribution in [3.05, 3.63) is 29.8 Å². The minimum Gasteiger partial charge on any atom is -0.359 e. The molecule has 0 spiro atoms. The van der Waals surface area contributed by atoms with Gasteiger partial charge in [0.05, 0.1) is 0 Å². The van der Waals surface area contributed by atoms with E-state index < -0.39 is 11.6 Å². The Morgan fingerprint density at radius 2 is 2.00 bits per heavy atom. The largest absolute Gasteiger partial charge is 0.359 e. The molecule has 1 aromatic carbocycles. The van der Waals surface area contributed by atoms with E-state index in [-0.39, 0.29) is 5.72 Å². The molecule has 1 aliphatic rings. The zero-order chi connectivity index (χ0) is 10.2. The number of anilines is 1. The van der Waals surface area contributed by atoms with Crippen molar-refractivity contribution in [2.45, 2.75) is 18.6 Å². The lowest BCUT2D eigenvalue weighted by Crippen LogP contribution is -2.23. The lowest BCUT2D eigenvalue weighted by molar-refractivity contribution is 0.104. The zero-order valence-electron chi connectivity index (χ0n) is 7.81. The summed E-state index contributed by atoms with van der Waals surface area (Å²) in [4.78, 5) is 0. The number of ether oxygens (including phenoxy) is 1. The number of methoxy groups -OCH3 is 1. The Balaban J connectivity index is 2.14. The average molecular weight is 199 g/mol. The lowest BCUT2D eigenvalue weighted by Gasteiger charge is -2.16. The van der Waals surface area contributed by atoms with E-state index in [9.17, 15) is 8.78 Å². The van der Waals surface area contributed by atoms with Gasteiger partial charge in [0.15, 0.2) is 11.6 Å². The molecule has 1 fully saturated rings. The van der Waals surface area contributed by atoms with Gasteiger partial charge >= 0.3 is 0 Å². The summed E-state index contributed by atoms with van der Waals surface area (Å²) in [6.07, 6.45) is 1.78. The molecule has 0 saturated heterocycles. The standard InChI is InChI=1S/C10H11F2NO/c1-14-10(4-5-10)13-7-2-3-8(11)9(12)6-7/h2-3,6,13H,4-5H2,1H3. The first-order chi connectivity index (χ1) is 6.65. The van der Waals surface area contributed by atoms with E-state index in [1.165, 1.54) is 6.07 Å². The van der Waals surface area contributed by atoms with Crippen molar-refractivity contribution in [2.24, 2.45) is 0 Å². The Labute approximate surface area is 80.9 Å². The van der Waals surface area contributed by atoms with E-state index in [0.29, 0.717) is 5.69 Å². The zero-order valence-corrected chi connectivity index (χ0v) is 7.81. The van der Waals surface area contributed by atoms with Gasteiger partial charge in [0.25, 0.3) is 0 Å². The monoisotopic (exact) mass is 199 g/mol. The quantitative estimate of drug-likeness (QED) is 0.755. The van der Waals surface area contributed by atoms with Crippen molar-refractivity contribution >= 4 is 5.69 Å². The predicted octanol–water partition coefficient (Wildman–Crippen LogP) is 2.51. The maximum Gasteiger partial charge on any atom is 0.160 e. The SMILES string of the molecule is COC1(Nc2ccc(F)c(F)c2)CC1. The number of halogens is 2. The molecule has 0 aromatic heterocycles. The molecule has 2 rings (SSSR count). The molecule has 1 saturated carbocycles. The van der Waals surface area contributed by atoms with Gasteiger partial charge in [-0.2, -0.15) is 0 Å². The topological polar surface area (TPSA) is 21.3 Å². The Hall–Kier alpha value is -1.16. The number of rotatable bonds is 3. The van der Waals surface area contributed by atoms with Crippen molar-refractivity contribution in [3.8, 4) is 0 Å². The molecule has 0 unspecified atom stereocenters. The first-order valence-corrected chi connectivity index (χ1v) is 4.44. The van der Waals surface area contributed by atoms with Crippen LogP contribution in [0.2, 0.25) is 0 Å². The van der Waals surface area contributed by atoms with Crippen LogP contribution in [0.15, 0.2) is 18.2 Å². The molecule has 0 radical (unpaired) electrons. The molecule has 0 heterocycles. The van der Waals surface area contributed by atoms with E-state index in [1.807, 2.05) is 0 Å². The van der Waals surface area contributed by atoms with Gasteiger partial charge in [0.2, 0.25) is 0 Å². The maximum atomic E-state index is 12.8. The smallest absolute Gasteiger partial charge is 0.160 e. The van der Waals surface area contributed by atoms with Gasteiger partial charge in [-0.15, -0.1) is 0 Å². The van der Waals surface area contributed by atoms with Crippen molar-refractivity contribution in [1.82, 2.24) is 0 Å². The van der Waals surface area contributed by atoms with Crippen LogP contribution in [0.5, 0.6) is 0 Å². The highest BCUT2D eigenvalue weighted by Gasteiger charge is 2.43. The van der Waals surface area contributed by atoms with Gasteiger partial charge in [-0.1, -0.05) is 0 Å². The van der Waals surface area contributed by atoms with Gasteiger partial charge in [0, 0.05) is 18.9 Å². The lowest BCUT2D eigenvalue weighted by atomic mass is 10.3. The number of benzene rings is 1. The van der Waals surface area contributed by atoms with Crippen LogP contribution in [-0.4, -0.2) is 12.8 Å². The molecule has 0 atom stereocenters. The fourth-order valence-corrected chi connectivity index (χ4v) is 1.33. The highest BCUT2D eigenvalue weighted by atomic mass is 19.2. The molecular weight excluding hydrogens is 188 g/mol. The average Bonchev–Trinajstić information content (AvgIpc) is 2.93. The molecule has 1 N–H and O–H groups in total. The summed E-state index contributed by atoms with van der Waals surface area (Å²) >= 11 is 0. The van der Waals surface area contributed by atoms with Crippen LogP contribution in [0.4, 0.5) is 14.5 Å². The normalized spacial score (nSPS) is 17.9. The van der Waals surface area contributed by atoms with Crippen LogP contribution >= 0.6 is 0 Å². The molecular formula is C10H11F2NO. The predicted molar refractivity (Wildman–Crippen MR) is 49.0 cm³/mol. The van der Waals surface area contributed by atoms with E-state index in [4.69, 9.17) is 4.74 Å². The van der Waals surface area contributed by atoms with E-state index in [0.717, 1.165) is 25.0 Å². The molecule has 1 aliphatic carbocycles. The number of nitrogens with one attached hydrogen (secondary N) is 1. The van der Waals surface area contributed by atoms with Crippen LogP contribution in [-0.2, 0) is 4.74 Å². The van der Waals surface area contributed by atoms with Crippen LogP contribution in [0.3, 0.4) is 0 Å². The molecule has 0 aliphatic heterocycles. The number of hydrogen-bond donors (Lipinski definition) is 1.